The van der Waals surface area contributed by atoms with E-state index in [9.17, 15) is 0 Å². The minimum atomic E-state index is 0.675. The smallest absolute Gasteiger partial charge is 0.118 e. The van der Waals surface area contributed by atoms with Gasteiger partial charge in [0.2, 0.25) is 0 Å². The largest absolute Gasteiger partial charge is 0.465 e. The molecule has 120 valence electrons. The normalized spacial score (nSPS) is 23.9. The van der Waals surface area contributed by atoms with Crippen LogP contribution < -0.4 is 5.32 Å². The molecule has 1 aromatic rings. The van der Waals surface area contributed by atoms with Gasteiger partial charge in [0.25, 0.3) is 0 Å². The maximum Gasteiger partial charge on any atom is 0.118 e. The topological polar surface area (TPSA) is 28.4 Å². The molecule has 0 spiro atoms. The van der Waals surface area contributed by atoms with Crippen LogP contribution in [0.3, 0.4) is 0 Å². The van der Waals surface area contributed by atoms with Gasteiger partial charge in [-0.1, -0.05) is 27.7 Å². The molecule has 2 heterocycles. The van der Waals surface area contributed by atoms with Crippen LogP contribution in [0.25, 0.3) is 0 Å². The van der Waals surface area contributed by atoms with Crippen LogP contribution in [0.15, 0.2) is 10.5 Å². The quantitative estimate of drug-likeness (QED) is 0.868. The highest BCUT2D eigenvalue weighted by Gasteiger charge is 2.23. The Labute approximate surface area is 133 Å². The summed E-state index contributed by atoms with van der Waals surface area (Å²) in [5, 5.41) is 4.91. The standard InChI is InChI=1S/C17H30N2OS/c1-12(2)7-18-8-17-6-16(15(5)20-17)11-19-9-13(3)21-14(4)10-19/h6,12-14,18H,7-11H2,1-5H3. The predicted octanol–water partition coefficient (Wildman–Crippen LogP) is 3.66. The molecule has 1 aliphatic heterocycles. The van der Waals surface area contributed by atoms with Gasteiger partial charge in [-0.3, -0.25) is 4.90 Å². The van der Waals surface area contributed by atoms with Gasteiger partial charge in [0.15, 0.2) is 0 Å². The van der Waals surface area contributed by atoms with Crippen LogP contribution >= 0.6 is 11.8 Å². The van der Waals surface area contributed by atoms with Crippen molar-refractivity contribution < 1.29 is 4.42 Å². The zero-order valence-electron chi connectivity index (χ0n) is 14.1. The highest BCUT2D eigenvalue weighted by Crippen LogP contribution is 2.26. The zero-order chi connectivity index (χ0) is 15.4. The van der Waals surface area contributed by atoms with Crippen LogP contribution in [0.1, 0.15) is 44.8 Å². The Balaban J connectivity index is 1.89. The third-order valence-electron chi connectivity index (χ3n) is 3.81. The highest BCUT2D eigenvalue weighted by molar-refractivity contribution is 8.00. The van der Waals surface area contributed by atoms with Crippen LogP contribution in [0, 0.1) is 12.8 Å². The molecule has 1 fully saturated rings. The fourth-order valence-electron chi connectivity index (χ4n) is 2.97. The summed E-state index contributed by atoms with van der Waals surface area (Å²) in [4.78, 5) is 2.56. The monoisotopic (exact) mass is 310 g/mol. The number of hydrogen-bond donors (Lipinski definition) is 1. The minimum Gasteiger partial charge on any atom is -0.465 e. The molecular formula is C17H30N2OS. The number of nitrogens with one attached hydrogen (secondary N) is 1. The summed E-state index contributed by atoms with van der Waals surface area (Å²) in [6.07, 6.45) is 0. The first kappa shape index (κ1) is 16.9. The SMILES string of the molecule is Cc1oc(CNCC(C)C)cc1CN1CC(C)SC(C)C1. The van der Waals surface area contributed by atoms with E-state index in [1.54, 1.807) is 0 Å². The van der Waals surface area contributed by atoms with E-state index >= 15 is 0 Å². The summed E-state index contributed by atoms with van der Waals surface area (Å²) in [5.74, 6) is 2.82. The van der Waals surface area contributed by atoms with Gasteiger partial charge in [-0.25, -0.2) is 0 Å². The fraction of sp³-hybridized carbons (Fsp3) is 0.765. The molecule has 0 saturated carbocycles. The lowest BCUT2D eigenvalue weighted by molar-refractivity contribution is 0.261. The van der Waals surface area contributed by atoms with E-state index < -0.39 is 0 Å². The van der Waals surface area contributed by atoms with Crippen LogP contribution in [-0.4, -0.2) is 35.0 Å². The molecule has 1 aliphatic rings. The Kier molecular flexibility index (Phi) is 6.20. The van der Waals surface area contributed by atoms with E-state index in [0.29, 0.717) is 5.92 Å². The Bertz CT molecular complexity index is 434. The Morgan fingerprint density at radius 2 is 2.00 bits per heavy atom. The van der Waals surface area contributed by atoms with Gasteiger partial charge in [-0.05, 0) is 25.5 Å². The fourth-order valence-corrected chi connectivity index (χ4v) is 4.36. The molecule has 0 bridgehead atoms. The maximum absolute atomic E-state index is 5.90. The summed E-state index contributed by atoms with van der Waals surface area (Å²) in [6, 6.07) is 2.24. The maximum atomic E-state index is 5.90. The molecule has 4 heteroatoms. The van der Waals surface area contributed by atoms with Crippen LogP contribution in [-0.2, 0) is 13.1 Å². The van der Waals surface area contributed by atoms with Crippen molar-refractivity contribution >= 4 is 11.8 Å². The Morgan fingerprint density at radius 3 is 2.62 bits per heavy atom. The first-order valence-corrected chi connectivity index (χ1v) is 9.05. The Hall–Kier alpha value is -0.450. The van der Waals surface area contributed by atoms with Crippen molar-refractivity contribution in [3.8, 4) is 0 Å². The van der Waals surface area contributed by atoms with Gasteiger partial charge in [-0.2, -0.15) is 11.8 Å². The molecule has 0 aromatic carbocycles. The van der Waals surface area contributed by atoms with Crippen molar-refractivity contribution in [2.24, 2.45) is 5.92 Å². The van der Waals surface area contributed by atoms with Gasteiger partial charge in [0, 0.05) is 35.7 Å². The molecule has 3 nitrogen and oxygen atoms in total. The second-order valence-corrected chi connectivity index (χ2v) is 8.65. The van der Waals surface area contributed by atoms with Gasteiger partial charge >= 0.3 is 0 Å². The van der Waals surface area contributed by atoms with E-state index in [-0.39, 0.29) is 0 Å². The third-order valence-corrected chi connectivity index (χ3v) is 5.04. The first-order valence-electron chi connectivity index (χ1n) is 8.10. The van der Waals surface area contributed by atoms with Crippen molar-refractivity contribution in [2.75, 3.05) is 19.6 Å². The third kappa shape index (κ3) is 5.35. The number of furan rings is 1. The summed E-state index contributed by atoms with van der Waals surface area (Å²) in [5.41, 5.74) is 1.35. The average molecular weight is 311 g/mol. The van der Waals surface area contributed by atoms with Crippen molar-refractivity contribution in [3.05, 3.63) is 23.2 Å². The number of thioether (sulfide) groups is 1. The molecule has 0 amide bonds. The Morgan fingerprint density at radius 1 is 1.33 bits per heavy atom. The molecule has 1 N–H and O–H groups in total. The van der Waals surface area contributed by atoms with Crippen molar-refractivity contribution in [1.82, 2.24) is 10.2 Å². The molecule has 1 saturated heterocycles. The van der Waals surface area contributed by atoms with Crippen molar-refractivity contribution in [2.45, 2.75) is 58.2 Å². The number of rotatable bonds is 6. The lowest BCUT2D eigenvalue weighted by atomic mass is 10.2. The predicted molar refractivity (Wildman–Crippen MR) is 91.8 cm³/mol. The van der Waals surface area contributed by atoms with E-state index in [4.69, 9.17) is 4.42 Å². The van der Waals surface area contributed by atoms with E-state index in [2.05, 4.69) is 62.7 Å². The summed E-state index contributed by atoms with van der Waals surface area (Å²) < 4.78 is 5.90. The van der Waals surface area contributed by atoms with Gasteiger partial charge in [0.05, 0.1) is 6.54 Å². The summed E-state index contributed by atoms with van der Waals surface area (Å²) in [6.45, 7) is 16.5. The van der Waals surface area contributed by atoms with Crippen LogP contribution in [0.5, 0.6) is 0 Å². The van der Waals surface area contributed by atoms with Gasteiger partial charge in [0.1, 0.15) is 11.5 Å². The molecule has 2 atom stereocenters. The number of nitrogens with zero attached hydrogens (tertiary/aromatic N) is 1. The molecule has 2 unspecified atom stereocenters. The number of hydrogen-bond acceptors (Lipinski definition) is 4. The van der Waals surface area contributed by atoms with E-state index in [1.807, 2.05) is 0 Å². The molecular weight excluding hydrogens is 280 g/mol. The van der Waals surface area contributed by atoms with Crippen molar-refractivity contribution in [3.63, 3.8) is 0 Å². The van der Waals surface area contributed by atoms with Gasteiger partial charge < -0.3 is 9.73 Å². The van der Waals surface area contributed by atoms with Crippen LogP contribution in [0.2, 0.25) is 0 Å². The van der Waals surface area contributed by atoms with Crippen molar-refractivity contribution in [1.29, 1.82) is 0 Å². The average Bonchev–Trinajstić information content (AvgIpc) is 2.68. The molecule has 1 aromatic heterocycles. The molecule has 2 rings (SSSR count). The van der Waals surface area contributed by atoms with Gasteiger partial charge in [-0.15, -0.1) is 0 Å². The minimum absolute atomic E-state index is 0.675. The second kappa shape index (κ2) is 7.70. The lowest BCUT2D eigenvalue weighted by Crippen LogP contribution is -2.39. The van der Waals surface area contributed by atoms with E-state index in [0.717, 1.165) is 41.7 Å². The summed E-state index contributed by atoms with van der Waals surface area (Å²) in [7, 11) is 0. The molecule has 0 aliphatic carbocycles. The molecule has 21 heavy (non-hydrogen) atoms. The van der Waals surface area contributed by atoms with Crippen LogP contribution in [0.4, 0.5) is 0 Å². The zero-order valence-corrected chi connectivity index (χ0v) is 14.9. The van der Waals surface area contributed by atoms with E-state index in [1.165, 1.54) is 18.7 Å². The highest BCUT2D eigenvalue weighted by atomic mass is 32.2. The summed E-state index contributed by atoms with van der Waals surface area (Å²) >= 11 is 2.10. The lowest BCUT2D eigenvalue weighted by Gasteiger charge is -2.34. The number of aryl methyl sites for hydroxylation is 1. The second-order valence-electron chi connectivity index (χ2n) is 6.77. The molecule has 0 radical (unpaired) electrons. The first-order chi connectivity index (χ1) is 9.94.